The van der Waals surface area contributed by atoms with Crippen LogP contribution in [0.25, 0.3) is 0 Å². The number of nitrogens with zero attached hydrogens (tertiary/aromatic N) is 1. The summed E-state index contributed by atoms with van der Waals surface area (Å²) in [5.41, 5.74) is 1.53. The van der Waals surface area contributed by atoms with E-state index in [0.717, 1.165) is 22.7 Å². The number of carbonyl (C=O) groups is 1. The summed E-state index contributed by atoms with van der Waals surface area (Å²) in [5, 5.41) is 3.78. The lowest BCUT2D eigenvalue weighted by atomic mass is 10.1. The predicted octanol–water partition coefficient (Wildman–Crippen LogP) is 4.18. The highest BCUT2D eigenvalue weighted by atomic mass is 32.1. The van der Waals surface area contributed by atoms with Crippen LogP contribution in [0.4, 0.5) is 8.78 Å². The van der Waals surface area contributed by atoms with Gasteiger partial charge in [-0.05, 0) is 30.5 Å². The molecular formula is C17H20F2N2O2S. The van der Waals surface area contributed by atoms with Crippen LogP contribution in [-0.2, 0) is 13.0 Å². The van der Waals surface area contributed by atoms with Gasteiger partial charge in [-0.25, -0.2) is 4.98 Å². The lowest BCUT2D eigenvalue weighted by molar-refractivity contribution is -0.0498. The molecule has 1 N–H and O–H groups in total. The summed E-state index contributed by atoms with van der Waals surface area (Å²) in [4.78, 5) is 17.3. The van der Waals surface area contributed by atoms with Crippen molar-refractivity contribution in [1.82, 2.24) is 10.3 Å². The van der Waals surface area contributed by atoms with Gasteiger partial charge in [0.2, 0.25) is 0 Å². The van der Waals surface area contributed by atoms with Crippen molar-refractivity contribution >= 4 is 17.2 Å². The molecule has 1 aromatic heterocycles. The molecule has 1 amide bonds. The minimum absolute atomic E-state index is 0.0942. The van der Waals surface area contributed by atoms with Crippen molar-refractivity contribution in [2.45, 2.75) is 40.3 Å². The van der Waals surface area contributed by atoms with E-state index in [1.165, 1.54) is 23.5 Å². The van der Waals surface area contributed by atoms with Crippen molar-refractivity contribution < 1.29 is 18.3 Å². The van der Waals surface area contributed by atoms with Crippen LogP contribution in [0.3, 0.4) is 0 Å². The average molecular weight is 354 g/mol. The zero-order chi connectivity index (χ0) is 17.7. The molecule has 0 spiro atoms. The van der Waals surface area contributed by atoms with Crippen LogP contribution >= 0.6 is 11.3 Å². The van der Waals surface area contributed by atoms with Crippen LogP contribution < -0.4 is 10.1 Å². The molecule has 0 saturated carbocycles. The second kappa shape index (κ2) is 8.19. The fourth-order valence-electron chi connectivity index (χ4n) is 2.15. The molecule has 0 unspecified atom stereocenters. The minimum atomic E-state index is -2.84. The lowest BCUT2D eigenvalue weighted by Gasteiger charge is -2.07. The van der Waals surface area contributed by atoms with Gasteiger partial charge in [0.05, 0.1) is 10.7 Å². The number of hydrogen-bond acceptors (Lipinski definition) is 4. The van der Waals surface area contributed by atoms with Gasteiger partial charge in [-0.15, -0.1) is 11.3 Å². The molecule has 130 valence electrons. The van der Waals surface area contributed by atoms with Gasteiger partial charge in [0.1, 0.15) is 10.6 Å². The van der Waals surface area contributed by atoms with E-state index in [-0.39, 0.29) is 11.7 Å². The van der Waals surface area contributed by atoms with Gasteiger partial charge >= 0.3 is 6.61 Å². The van der Waals surface area contributed by atoms with Gasteiger partial charge < -0.3 is 10.1 Å². The summed E-state index contributed by atoms with van der Waals surface area (Å²) >= 11 is 1.41. The molecule has 0 saturated heterocycles. The van der Waals surface area contributed by atoms with Crippen molar-refractivity contribution in [3.05, 3.63) is 45.4 Å². The number of benzene rings is 1. The number of amides is 1. The van der Waals surface area contributed by atoms with Crippen LogP contribution in [0.15, 0.2) is 24.3 Å². The number of ether oxygens (including phenoxy) is 1. The van der Waals surface area contributed by atoms with Crippen molar-refractivity contribution in [3.8, 4) is 5.75 Å². The van der Waals surface area contributed by atoms with E-state index in [0.29, 0.717) is 17.3 Å². The van der Waals surface area contributed by atoms with E-state index in [1.807, 2.05) is 6.92 Å². The molecule has 7 heteroatoms. The first kappa shape index (κ1) is 18.3. The van der Waals surface area contributed by atoms with Crippen molar-refractivity contribution in [3.63, 3.8) is 0 Å². The molecule has 1 aromatic carbocycles. The fourth-order valence-corrected chi connectivity index (χ4v) is 3.34. The van der Waals surface area contributed by atoms with Gasteiger partial charge in [0.15, 0.2) is 0 Å². The second-order valence-corrected chi connectivity index (χ2v) is 6.91. The first-order valence-electron chi connectivity index (χ1n) is 7.63. The first-order chi connectivity index (χ1) is 11.3. The topological polar surface area (TPSA) is 51.2 Å². The maximum absolute atomic E-state index is 12.3. The molecule has 0 atom stereocenters. The van der Waals surface area contributed by atoms with E-state index < -0.39 is 6.61 Å². The third-order valence-electron chi connectivity index (χ3n) is 3.23. The Hall–Kier alpha value is -2.02. The Morgan fingerprint density at radius 2 is 1.96 bits per heavy atom. The number of rotatable bonds is 7. The van der Waals surface area contributed by atoms with E-state index >= 15 is 0 Å². The zero-order valence-corrected chi connectivity index (χ0v) is 14.6. The smallest absolute Gasteiger partial charge is 0.387 e. The number of carbonyl (C=O) groups excluding carboxylic acids is 1. The van der Waals surface area contributed by atoms with E-state index in [1.54, 1.807) is 12.1 Å². The highest BCUT2D eigenvalue weighted by Crippen LogP contribution is 2.21. The molecular weight excluding hydrogens is 334 g/mol. The third kappa shape index (κ3) is 5.26. The van der Waals surface area contributed by atoms with Gasteiger partial charge in [0, 0.05) is 13.0 Å². The minimum Gasteiger partial charge on any atom is -0.435 e. The highest BCUT2D eigenvalue weighted by molar-refractivity contribution is 7.13. The van der Waals surface area contributed by atoms with E-state index in [4.69, 9.17) is 0 Å². The van der Waals surface area contributed by atoms with Gasteiger partial charge in [-0.1, -0.05) is 26.0 Å². The number of aromatic nitrogens is 1. The highest BCUT2D eigenvalue weighted by Gasteiger charge is 2.15. The number of thiazole rings is 1. The van der Waals surface area contributed by atoms with E-state index in [9.17, 15) is 13.6 Å². The molecule has 0 fully saturated rings. The molecule has 0 aliphatic rings. The van der Waals surface area contributed by atoms with Crippen LogP contribution in [0.2, 0.25) is 0 Å². The van der Waals surface area contributed by atoms with Crippen molar-refractivity contribution in [2.24, 2.45) is 5.92 Å². The Kier molecular flexibility index (Phi) is 6.25. The molecule has 24 heavy (non-hydrogen) atoms. The predicted molar refractivity (Wildman–Crippen MR) is 89.6 cm³/mol. The summed E-state index contributed by atoms with van der Waals surface area (Å²) in [6.07, 6.45) is 0.852. The maximum atomic E-state index is 12.3. The number of halogens is 2. The molecule has 0 aliphatic carbocycles. The number of hydrogen-bond donors (Lipinski definition) is 1. The zero-order valence-electron chi connectivity index (χ0n) is 13.8. The SMILES string of the molecule is Cc1nc(CC(C)C)sc1C(=O)NCc1ccc(OC(F)F)cc1. The molecule has 4 nitrogen and oxygen atoms in total. The Labute approximate surface area is 143 Å². The molecule has 0 bridgehead atoms. The lowest BCUT2D eigenvalue weighted by Crippen LogP contribution is -2.22. The Morgan fingerprint density at radius 3 is 2.54 bits per heavy atom. The van der Waals surface area contributed by atoms with Crippen LogP contribution in [0.1, 0.15) is 39.8 Å². The standard InChI is InChI=1S/C17H20F2N2O2S/c1-10(2)8-14-21-11(3)15(24-14)16(22)20-9-12-4-6-13(7-5-12)23-17(18)19/h4-7,10,17H,8-9H2,1-3H3,(H,20,22). The van der Waals surface area contributed by atoms with Gasteiger partial charge in [-0.2, -0.15) is 8.78 Å². The molecule has 2 rings (SSSR count). The Balaban J connectivity index is 1.94. The fraction of sp³-hybridized carbons (Fsp3) is 0.412. The largest absolute Gasteiger partial charge is 0.435 e. The molecule has 2 aromatic rings. The third-order valence-corrected chi connectivity index (χ3v) is 4.41. The van der Waals surface area contributed by atoms with E-state index in [2.05, 4.69) is 28.9 Å². The summed E-state index contributed by atoms with van der Waals surface area (Å²) in [5.74, 6) is 0.407. The Bertz CT molecular complexity index is 684. The number of alkyl halides is 2. The number of nitrogens with one attached hydrogen (secondary N) is 1. The number of aryl methyl sites for hydroxylation is 1. The quantitative estimate of drug-likeness (QED) is 0.811. The summed E-state index contributed by atoms with van der Waals surface area (Å²) in [6.45, 7) is 3.51. The monoisotopic (exact) mass is 354 g/mol. The van der Waals surface area contributed by atoms with Crippen molar-refractivity contribution in [2.75, 3.05) is 0 Å². The molecule has 0 radical (unpaired) electrons. The van der Waals surface area contributed by atoms with Crippen LogP contribution in [-0.4, -0.2) is 17.5 Å². The first-order valence-corrected chi connectivity index (χ1v) is 8.45. The molecule has 1 heterocycles. The average Bonchev–Trinajstić information content (AvgIpc) is 2.85. The van der Waals surface area contributed by atoms with Crippen LogP contribution in [0, 0.1) is 12.8 Å². The van der Waals surface area contributed by atoms with Crippen LogP contribution in [0.5, 0.6) is 5.75 Å². The molecule has 0 aliphatic heterocycles. The van der Waals surface area contributed by atoms with Gasteiger partial charge in [0.25, 0.3) is 5.91 Å². The maximum Gasteiger partial charge on any atom is 0.387 e. The van der Waals surface area contributed by atoms with Crippen molar-refractivity contribution in [1.29, 1.82) is 0 Å². The normalized spacial score (nSPS) is 11.1. The Morgan fingerprint density at radius 1 is 1.29 bits per heavy atom. The summed E-state index contributed by atoms with van der Waals surface area (Å²) < 4.78 is 28.5. The van der Waals surface area contributed by atoms with Gasteiger partial charge in [-0.3, -0.25) is 4.79 Å². The summed E-state index contributed by atoms with van der Waals surface area (Å²) in [7, 11) is 0. The summed E-state index contributed by atoms with van der Waals surface area (Å²) in [6, 6.07) is 6.18. The second-order valence-electron chi connectivity index (χ2n) is 5.83.